The van der Waals surface area contributed by atoms with Crippen LogP contribution in [0.15, 0.2) is 41.0 Å². The topological polar surface area (TPSA) is 86.2 Å². The lowest BCUT2D eigenvalue weighted by Gasteiger charge is -2.24. The quantitative estimate of drug-likeness (QED) is 0.790. The molecule has 3 heterocycles. The minimum Gasteiger partial charge on any atom is -0.339 e. The number of nitrogens with zero attached hydrogens (tertiary/aromatic N) is 4. The van der Waals surface area contributed by atoms with E-state index in [4.69, 9.17) is 5.73 Å². The summed E-state index contributed by atoms with van der Waals surface area (Å²) < 4.78 is 27.8. The SMILES string of the molecule is CC(=O)N1CC=C(c2ccc(Cn3cnn(CC(CN)=C(F)F)c3=O)s2)CC1. The minimum absolute atomic E-state index is 0.0684. The molecule has 0 spiro atoms. The van der Waals surface area contributed by atoms with Crippen LogP contribution in [0.4, 0.5) is 8.78 Å². The summed E-state index contributed by atoms with van der Waals surface area (Å²) >= 11 is 1.57. The van der Waals surface area contributed by atoms with Crippen LogP contribution >= 0.6 is 11.3 Å². The number of rotatable bonds is 6. The largest absolute Gasteiger partial charge is 0.346 e. The van der Waals surface area contributed by atoms with Gasteiger partial charge >= 0.3 is 5.69 Å². The molecular weight excluding hydrogens is 388 g/mol. The average molecular weight is 409 g/mol. The van der Waals surface area contributed by atoms with E-state index in [1.165, 1.54) is 16.5 Å². The predicted octanol–water partition coefficient (Wildman–Crippen LogP) is 1.90. The van der Waals surface area contributed by atoms with E-state index in [0.29, 0.717) is 19.6 Å². The van der Waals surface area contributed by atoms with Gasteiger partial charge in [-0.05, 0) is 24.1 Å². The maximum absolute atomic E-state index is 12.7. The normalized spacial score (nSPS) is 14.1. The Bertz CT molecular complexity index is 984. The van der Waals surface area contributed by atoms with Crippen molar-refractivity contribution in [1.82, 2.24) is 19.2 Å². The summed E-state index contributed by atoms with van der Waals surface area (Å²) in [7, 11) is 0. The molecule has 2 aromatic heterocycles. The second-order valence-electron chi connectivity index (χ2n) is 6.48. The maximum Gasteiger partial charge on any atom is 0.346 e. The Hall–Kier alpha value is -2.59. The van der Waals surface area contributed by atoms with Crippen molar-refractivity contribution in [1.29, 1.82) is 0 Å². The molecule has 10 heteroatoms. The van der Waals surface area contributed by atoms with Crippen LogP contribution < -0.4 is 11.4 Å². The van der Waals surface area contributed by atoms with Crippen LogP contribution in [0.5, 0.6) is 0 Å². The number of carbonyl (C=O) groups is 1. The molecule has 2 aromatic rings. The van der Waals surface area contributed by atoms with Gasteiger partial charge in [0, 0.05) is 41.9 Å². The van der Waals surface area contributed by atoms with Gasteiger partial charge in [0.05, 0.1) is 13.1 Å². The van der Waals surface area contributed by atoms with Crippen molar-refractivity contribution in [3.05, 3.63) is 56.4 Å². The van der Waals surface area contributed by atoms with E-state index in [9.17, 15) is 18.4 Å². The third-order valence-corrected chi connectivity index (χ3v) is 5.76. The van der Waals surface area contributed by atoms with Crippen LogP contribution in [-0.2, 0) is 17.9 Å². The predicted molar refractivity (Wildman–Crippen MR) is 103 cm³/mol. The molecule has 0 saturated carbocycles. The number of aromatic nitrogens is 3. The van der Waals surface area contributed by atoms with Gasteiger partial charge in [-0.25, -0.2) is 9.48 Å². The van der Waals surface area contributed by atoms with E-state index >= 15 is 0 Å². The van der Waals surface area contributed by atoms with E-state index < -0.39 is 11.8 Å². The summed E-state index contributed by atoms with van der Waals surface area (Å²) in [4.78, 5) is 27.6. The summed E-state index contributed by atoms with van der Waals surface area (Å²) in [6, 6.07) is 3.94. The number of hydrogen-bond acceptors (Lipinski definition) is 5. The molecule has 2 N–H and O–H groups in total. The number of carbonyl (C=O) groups excluding carboxylic acids is 1. The van der Waals surface area contributed by atoms with Gasteiger partial charge in [-0.2, -0.15) is 13.9 Å². The molecule has 0 aliphatic carbocycles. The van der Waals surface area contributed by atoms with Gasteiger partial charge in [-0.15, -0.1) is 11.3 Å². The fraction of sp³-hybridized carbons (Fsp3) is 0.389. The van der Waals surface area contributed by atoms with Crippen LogP contribution in [0.25, 0.3) is 5.57 Å². The molecule has 0 bridgehead atoms. The van der Waals surface area contributed by atoms with E-state index in [2.05, 4.69) is 11.2 Å². The van der Waals surface area contributed by atoms with Crippen molar-refractivity contribution in [2.45, 2.75) is 26.4 Å². The van der Waals surface area contributed by atoms with Crippen LogP contribution in [0.2, 0.25) is 0 Å². The first kappa shape index (κ1) is 20.2. The van der Waals surface area contributed by atoms with Crippen LogP contribution in [-0.4, -0.2) is 44.8 Å². The van der Waals surface area contributed by atoms with Crippen molar-refractivity contribution >= 4 is 22.8 Å². The van der Waals surface area contributed by atoms with Crippen molar-refractivity contribution in [3.63, 3.8) is 0 Å². The molecule has 1 amide bonds. The second kappa shape index (κ2) is 8.61. The van der Waals surface area contributed by atoms with Crippen molar-refractivity contribution in [2.24, 2.45) is 5.73 Å². The Kier molecular flexibility index (Phi) is 6.20. The molecule has 0 fully saturated rings. The lowest BCUT2D eigenvalue weighted by molar-refractivity contribution is -0.128. The Morgan fingerprint density at radius 3 is 2.75 bits per heavy atom. The molecule has 150 valence electrons. The van der Waals surface area contributed by atoms with E-state index in [1.807, 2.05) is 12.1 Å². The summed E-state index contributed by atoms with van der Waals surface area (Å²) in [6.07, 6.45) is 2.31. The molecule has 3 rings (SSSR count). The molecule has 0 saturated heterocycles. The van der Waals surface area contributed by atoms with Crippen LogP contribution in [0, 0.1) is 0 Å². The molecule has 1 aliphatic rings. The molecule has 28 heavy (non-hydrogen) atoms. The molecule has 0 aromatic carbocycles. The second-order valence-corrected chi connectivity index (χ2v) is 7.65. The lowest BCUT2D eigenvalue weighted by Crippen LogP contribution is -2.32. The minimum atomic E-state index is -1.88. The first-order chi connectivity index (χ1) is 13.4. The van der Waals surface area contributed by atoms with Gasteiger partial charge in [-0.1, -0.05) is 6.08 Å². The zero-order valence-corrected chi connectivity index (χ0v) is 16.2. The zero-order chi connectivity index (χ0) is 20.3. The number of nitrogens with two attached hydrogens (primary N) is 1. The summed E-state index contributed by atoms with van der Waals surface area (Å²) in [5.41, 5.74) is 5.70. The highest BCUT2D eigenvalue weighted by molar-refractivity contribution is 7.13. The number of halogens is 2. The number of hydrogen-bond donors (Lipinski definition) is 1. The van der Waals surface area contributed by atoms with Gasteiger partial charge < -0.3 is 10.6 Å². The Morgan fingerprint density at radius 1 is 1.36 bits per heavy atom. The number of amides is 1. The third kappa shape index (κ3) is 4.45. The maximum atomic E-state index is 12.7. The molecule has 0 unspecified atom stereocenters. The monoisotopic (exact) mass is 409 g/mol. The number of thiophene rings is 1. The van der Waals surface area contributed by atoms with Gasteiger partial charge in [0.25, 0.3) is 6.08 Å². The highest BCUT2D eigenvalue weighted by atomic mass is 32.1. The van der Waals surface area contributed by atoms with Crippen LogP contribution in [0.3, 0.4) is 0 Å². The summed E-state index contributed by atoms with van der Waals surface area (Å²) in [6.45, 7) is 2.53. The van der Waals surface area contributed by atoms with E-state index in [-0.39, 0.29) is 24.6 Å². The highest BCUT2D eigenvalue weighted by Gasteiger charge is 2.16. The van der Waals surface area contributed by atoms with Gasteiger partial charge in [0.15, 0.2) is 0 Å². The fourth-order valence-electron chi connectivity index (χ4n) is 2.95. The van der Waals surface area contributed by atoms with Gasteiger partial charge in [0.2, 0.25) is 5.91 Å². The Morgan fingerprint density at radius 2 is 2.14 bits per heavy atom. The van der Waals surface area contributed by atoms with Crippen LogP contribution in [0.1, 0.15) is 23.1 Å². The average Bonchev–Trinajstić information content (AvgIpc) is 3.27. The Labute approximate surface area is 164 Å². The van der Waals surface area contributed by atoms with Crippen molar-refractivity contribution in [3.8, 4) is 0 Å². The molecule has 0 radical (unpaired) electrons. The Balaban J connectivity index is 1.70. The molecule has 0 atom stereocenters. The van der Waals surface area contributed by atoms with E-state index in [1.54, 1.807) is 23.2 Å². The zero-order valence-electron chi connectivity index (χ0n) is 15.4. The highest BCUT2D eigenvalue weighted by Crippen LogP contribution is 2.29. The molecular formula is C18H21F2N5O2S. The van der Waals surface area contributed by atoms with E-state index in [0.717, 1.165) is 20.9 Å². The third-order valence-electron chi connectivity index (χ3n) is 4.61. The van der Waals surface area contributed by atoms with Gasteiger partial charge in [0.1, 0.15) is 6.33 Å². The molecule has 1 aliphatic heterocycles. The first-order valence-corrected chi connectivity index (χ1v) is 9.59. The van der Waals surface area contributed by atoms with Gasteiger partial charge in [-0.3, -0.25) is 9.36 Å². The molecule has 7 nitrogen and oxygen atoms in total. The first-order valence-electron chi connectivity index (χ1n) is 8.78. The summed E-state index contributed by atoms with van der Waals surface area (Å²) in [5, 5.41) is 3.90. The van der Waals surface area contributed by atoms with Crippen molar-refractivity contribution < 1.29 is 13.6 Å². The lowest BCUT2D eigenvalue weighted by atomic mass is 10.1. The standard InChI is InChI=1S/C18H21F2N5O2S/c1-12(26)23-6-4-13(5-7-23)16-3-2-15(28-16)10-24-11-22-25(18(24)27)9-14(8-21)17(19)20/h2-4,11H,5-10,21H2,1H3. The van der Waals surface area contributed by atoms with Crippen molar-refractivity contribution in [2.75, 3.05) is 19.6 Å². The fourth-order valence-corrected chi connectivity index (χ4v) is 4.03. The smallest absolute Gasteiger partial charge is 0.339 e. The summed E-state index contributed by atoms with van der Waals surface area (Å²) in [5.74, 6) is 0.0684.